The summed E-state index contributed by atoms with van der Waals surface area (Å²) in [7, 11) is 1.65. The summed E-state index contributed by atoms with van der Waals surface area (Å²) in [5.41, 5.74) is 0.965. The molecule has 0 aromatic heterocycles. The Morgan fingerprint density at radius 2 is 1.88 bits per heavy atom. The molecule has 1 N–H and O–H groups in total. The number of benzene rings is 1. The third-order valence-electron chi connectivity index (χ3n) is 3.13. The van der Waals surface area contributed by atoms with E-state index in [9.17, 15) is 5.11 Å². The molecule has 1 aromatic rings. The molecule has 0 unspecified atom stereocenters. The van der Waals surface area contributed by atoms with Crippen LogP contribution in [-0.4, -0.2) is 36.8 Å². The fourth-order valence-corrected chi connectivity index (χ4v) is 2.14. The van der Waals surface area contributed by atoms with Crippen LogP contribution < -0.4 is 4.74 Å². The highest BCUT2D eigenvalue weighted by molar-refractivity contribution is 5.28. The largest absolute Gasteiger partial charge is 0.497 e. The first-order valence-electron chi connectivity index (χ1n) is 5.84. The van der Waals surface area contributed by atoms with Crippen molar-refractivity contribution in [3.05, 3.63) is 29.8 Å². The molecule has 1 aliphatic heterocycles. The van der Waals surface area contributed by atoms with Gasteiger partial charge in [-0.2, -0.15) is 0 Å². The highest BCUT2D eigenvalue weighted by Gasteiger charge is 2.16. The van der Waals surface area contributed by atoms with E-state index in [-0.39, 0.29) is 6.10 Å². The van der Waals surface area contributed by atoms with Crippen molar-refractivity contribution in [3.8, 4) is 5.75 Å². The highest BCUT2D eigenvalue weighted by Crippen LogP contribution is 2.20. The maximum Gasteiger partial charge on any atom is 0.118 e. The molecule has 88 valence electrons. The van der Waals surface area contributed by atoms with Crippen LogP contribution in [0.5, 0.6) is 5.75 Å². The summed E-state index contributed by atoms with van der Waals surface area (Å²) in [6.45, 7) is 2.98. The number of likely N-dealkylation sites (tertiary alicyclic amines) is 1. The Hall–Kier alpha value is -1.06. The normalized spacial score (nSPS) is 18.6. The summed E-state index contributed by atoms with van der Waals surface area (Å²) in [6.07, 6.45) is 2.13. The van der Waals surface area contributed by atoms with Crippen molar-refractivity contribution in [1.29, 1.82) is 0 Å². The molecule has 1 heterocycles. The predicted molar refractivity (Wildman–Crippen MR) is 63.6 cm³/mol. The zero-order chi connectivity index (χ0) is 11.4. The Balaban J connectivity index is 1.94. The Morgan fingerprint density at radius 3 is 2.44 bits per heavy atom. The van der Waals surface area contributed by atoms with E-state index >= 15 is 0 Å². The average molecular weight is 221 g/mol. The first-order chi connectivity index (χ1) is 7.79. The van der Waals surface area contributed by atoms with Gasteiger partial charge in [0.05, 0.1) is 13.2 Å². The van der Waals surface area contributed by atoms with Gasteiger partial charge in [-0.1, -0.05) is 12.1 Å². The van der Waals surface area contributed by atoms with Gasteiger partial charge in [-0.15, -0.1) is 0 Å². The molecule has 0 spiro atoms. The molecule has 1 aromatic carbocycles. The molecule has 0 amide bonds. The number of ether oxygens (including phenoxy) is 1. The van der Waals surface area contributed by atoms with E-state index in [0.717, 1.165) is 30.9 Å². The first kappa shape index (κ1) is 11.4. The van der Waals surface area contributed by atoms with Gasteiger partial charge in [0.1, 0.15) is 5.75 Å². The smallest absolute Gasteiger partial charge is 0.118 e. The monoisotopic (exact) mass is 221 g/mol. The summed E-state index contributed by atoms with van der Waals surface area (Å²) >= 11 is 0. The lowest BCUT2D eigenvalue weighted by Crippen LogP contribution is -2.25. The SMILES string of the molecule is COc1ccc([C@H](O)CN2CCCC2)cc1. The lowest BCUT2D eigenvalue weighted by Gasteiger charge is -2.19. The van der Waals surface area contributed by atoms with E-state index in [1.807, 2.05) is 24.3 Å². The molecule has 0 saturated carbocycles. The van der Waals surface area contributed by atoms with Gasteiger partial charge in [-0.3, -0.25) is 0 Å². The summed E-state index contributed by atoms with van der Waals surface area (Å²) in [5.74, 6) is 0.831. The van der Waals surface area contributed by atoms with Crippen molar-refractivity contribution in [2.75, 3.05) is 26.7 Å². The van der Waals surface area contributed by atoms with E-state index in [1.165, 1.54) is 12.8 Å². The van der Waals surface area contributed by atoms with Crippen molar-refractivity contribution in [1.82, 2.24) is 4.90 Å². The van der Waals surface area contributed by atoms with Gasteiger partial charge in [0.15, 0.2) is 0 Å². The standard InChI is InChI=1S/C13H19NO2/c1-16-12-6-4-11(5-7-12)13(15)10-14-8-2-3-9-14/h4-7,13,15H,2-3,8-10H2,1H3/t13-/m1/s1. The summed E-state index contributed by atoms with van der Waals surface area (Å²) in [6, 6.07) is 7.64. The molecule has 2 rings (SSSR count). The summed E-state index contributed by atoms with van der Waals surface area (Å²) < 4.78 is 5.09. The maximum atomic E-state index is 10.1. The fourth-order valence-electron chi connectivity index (χ4n) is 2.14. The van der Waals surface area contributed by atoms with E-state index in [0.29, 0.717) is 0 Å². The molecular weight excluding hydrogens is 202 g/mol. The molecular formula is C13H19NO2. The third-order valence-corrected chi connectivity index (χ3v) is 3.13. The summed E-state index contributed by atoms with van der Waals surface area (Å²) in [4.78, 5) is 2.31. The maximum absolute atomic E-state index is 10.1. The number of aliphatic hydroxyl groups is 1. The number of hydrogen-bond donors (Lipinski definition) is 1. The molecule has 16 heavy (non-hydrogen) atoms. The van der Waals surface area contributed by atoms with Gasteiger partial charge >= 0.3 is 0 Å². The number of rotatable bonds is 4. The minimum Gasteiger partial charge on any atom is -0.497 e. The van der Waals surface area contributed by atoms with Crippen LogP contribution in [0.4, 0.5) is 0 Å². The summed E-state index contributed by atoms with van der Waals surface area (Å²) in [5, 5.41) is 10.1. The van der Waals surface area contributed by atoms with Gasteiger partial charge in [0, 0.05) is 6.54 Å². The fraction of sp³-hybridized carbons (Fsp3) is 0.538. The van der Waals surface area contributed by atoms with Crippen LogP contribution >= 0.6 is 0 Å². The van der Waals surface area contributed by atoms with Crippen molar-refractivity contribution in [3.63, 3.8) is 0 Å². The van der Waals surface area contributed by atoms with E-state index < -0.39 is 0 Å². The molecule has 1 saturated heterocycles. The van der Waals surface area contributed by atoms with Crippen LogP contribution in [0.25, 0.3) is 0 Å². The average Bonchev–Trinajstić information content (AvgIpc) is 2.82. The molecule has 3 heteroatoms. The molecule has 0 radical (unpaired) electrons. The van der Waals surface area contributed by atoms with Crippen LogP contribution in [-0.2, 0) is 0 Å². The van der Waals surface area contributed by atoms with Gasteiger partial charge in [0.2, 0.25) is 0 Å². The van der Waals surface area contributed by atoms with Crippen molar-refractivity contribution in [2.45, 2.75) is 18.9 Å². The first-order valence-corrected chi connectivity index (χ1v) is 5.84. The van der Waals surface area contributed by atoms with Crippen LogP contribution in [0.15, 0.2) is 24.3 Å². The van der Waals surface area contributed by atoms with Crippen LogP contribution in [0.3, 0.4) is 0 Å². The zero-order valence-electron chi connectivity index (χ0n) is 9.72. The number of nitrogens with zero attached hydrogens (tertiary/aromatic N) is 1. The molecule has 1 aliphatic rings. The third kappa shape index (κ3) is 2.74. The molecule has 1 atom stereocenters. The van der Waals surface area contributed by atoms with Gasteiger partial charge in [0.25, 0.3) is 0 Å². The lowest BCUT2D eigenvalue weighted by molar-refractivity contribution is 0.126. The number of hydrogen-bond acceptors (Lipinski definition) is 3. The zero-order valence-corrected chi connectivity index (χ0v) is 9.72. The van der Waals surface area contributed by atoms with Crippen LogP contribution in [0.1, 0.15) is 24.5 Å². The van der Waals surface area contributed by atoms with Crippen molar-refractivity contribution < 1.29 is 9.84 Å². The Morgan fingerprint density at radius 1 is 1.25 bits per heavy atom. The van der Waals surface area contributed by atoms with E-state index in [4.69, 9.17) is 4.74 Å². The minimum absolute atomic E-state index is 0.385. The van der Waals surface area contributed by atoms with Crippen LogP contribution in [0, 0.1) is 0 Å². The Labute approximate surface area is 96.6 Å². The van der Waals surface area contributed by atoms with E-state index in [2.05, 4.69) is 4.90 Å². The predicted octanol–water partition coefficient (Wildman–Crippen LogP) is 1.82. The number of methoxy groups -OCH3 is 1. The topological polar surface area (TPSA) is 32.7 Å². The van der Waals surface area contributed by atoms with Crippen molar-refractivity contribution in [2.24, 2.45) is 0 Å². The second-order valence-corrected chi connectivity index (χ2v) is 4.30. The highest BCUT2D eigenvalue weighted by atomic mass is 16.5. The van der Waals surface area contributed by atoms with Crippen LogP contribution in [0.2, 0.25) is 0 Å². The van der Waals surface area contributed by atoms with Gasteiger partial charge in [-0.25, -0.2) is 0 Å². The molecule has 1 fully saturated rings. The molecule has 0 bridgehead atoms. The molecule has 3 nitrogen and oxygen atoms in total. The Bertz CT molecular complexity index is 317. The van der Waals surface area contributed by atoms with Gasteiger partial charge < -0.3 is 14.7 Å². The quantitative estimate of drug-likeness (QED) is 0.842. The van der Waals surface area contributed by atoms with E-state index in [1.54, 1.807) is 7.11 Å². The van der Waals surface area contributed by atoms with Crippen molar-refractivity contribution >= 4 is 0 Å². The lowest BCUT2D eigenvalue weighted by atomic mass is 10.1. The number of aliphatic hydroxyl groups excluding tert-OH is 1. The Kier molecular flexibility index (Phi) is 3.80. The number of β-amino-alcohol motifs (C(OH)–C–C–N with tert-alkyl or cyclic N) is 1. The van der Waals surface area contributed by atoms with Gasteiger partial charge in [-0.05, 0) is 43.6 Å². The second-order valence-electron chi connectivity index (χ2n) is 4.30. The second kappa shape index (κ2) is 5.32. The minimum atomic E-state index is -0.385. The molecule has 0 aliphatic carbocycles.